The summed E-state index contributed by atoms with van der Waals surface area (Å²) in [6.07, 6.45) is 19.1. The van der Waals surface area contributed by atoms with Gasteiger partial charge in [0.2, 0.25) is 0 Å². The van der Waals surface area contributed by atoms with Gasteiger partial charge in [0.25, 0.3) is 0 Å². The van der Waals surface area contributed by atoms with Crippen LogP contribution in [0.4, 0.5) is 0 Å². The summed E-state index contributed by atoms with van der Waals surface area (Å²) in [5, 5.41) is 0. The predicted octanol–water partition coefficient (Wildman–Crippen LogP) is 10.3. The standard InChI is InChI=1S/C12H18O.C10H14O2.C9H12O3.2C9H12O2.2C6H10O/c1-12-5-8-2-9(6-12)4-11(13)10(3-8)7-12;1-5-2-6-3-7(5)8-4-12-10(11)9(6)8;1-4-2-6-7-5(8(4)12-6)3-11-9(7)10;2*1-4-5-2-6-7(3-5)9(10)11-8(4)6;1-5-3-6(2)7-4-5;1-5-3-4-7-6(5)2/h8-10H,2-7H2,1H3;5-9H,2-4H2,1H3;4-8H,2-3H2,1H3;2*4-8H,2-3H2,1H3;2*5H,2-4H2,1H3. The average molecular weight is 1010 g/mol. The van der Waals surface area contributed by atoms with Crippen molar-refractivity contribution in [3.63, 3.8) is 0 Å². The summed E-state index contributed by atoms with van der Waals surface area (Å²) in [4.78, 5) is 56.8. The third-order valence-electron chi connectivity index (χ3n) is 22.5. The minimum Gasteiger partial charge on any atom is -0.498 e. The highest BCUT2D eigenvalue weighted by Crippen LogP contribution is 2.60. The molecule has 10 aliphatic carbocycles. The molecular weight excluding hydrogens is 925 g/mol. The van der Waals surface area contributed by atoms with Crippen molar-refractivity contribution in [1.82, 2.24) is 0 Å². The number of ether oxygens (including phenoxy) is 7. The first-order chi connectivity index (χ1) is 34.8. The molecule has 0 amide bonds. The molecule has 404 valence electrons. The molecular formula is C61H88O12. The van der Waals surface area contributed by atoms with E-state index in [2.05, 4.69) is 61.6 Å². The number of hydrogen-bond acceptors (Lipinski definition) is 12. The van der Waals surface area contributed by atoms with E-state index in [0.717, 1.165) is 105 Å². The first kappa shape index (κ1) is 51.7. The molecule has 26 unspecified atom stereocenters. The van der Waals surface area contributed by atoms with Gasteiger partial charge in [-0.3, -0.25) is 24.0 Å². The first-order valence-corrected chi connectivity index (χ1v) is 29.4. The van der Waals surface area contributed by atoms with Crippen molar-refractivity contribution < 1.29 is 57.1 Å². The molecule has 0 N–H and O–H groups in total. The molecule has 8 aliphatic heterocycles. The van der Waals surface area contributed by atoms with Crippen LogP contribution in [-0.4, -0.2) is 80.5 Å². The number of carbonyl (C=O) groups excluding carboxylic acids is 5. The number of carbonyl (C=O) groups is 5. The SMILES string of the molecule is C=C1CC(C)CO1.C=C1OCCC1C.CC12CC3CC(=O)C(CC(C3)C1)C2.CC1C2CC3C(=O)OC1C3C2.CC1C2CC3C(=O)OC1C3C2.CC1CC2CC1C1COC(=O)C21.CC1CC2OC1C1COC(=O)C21. The van der Waals surface area contributed by atoms with Crippen LogP contribution in [0.15, 0.2) is 24.7 Å². The van der Waals surface area contributed by atoms with Crippen LogP contribution in [0.5, 0.6) is 0 Å². The molecule has 12 nitrogen and oxygen atoms in total. The molecule has 8 saturated heterocycles. The van der Waals surface area contributed by atoms with Crippen LogP contribution in [-0.2, 0) is 57.1 Å². The third kappa shape index (κ3) is 9.75. The Hall–Kier alpha value is -3.41. The van der Waals surface area contributed by atoms with E-state index < -0.39 is 0 Å². The fraction of sp³-hybridized carbons (Fsp3) is 0.852. The van der Waals surface area contributed by atoms with Gasteiger partial charge in [0.15, 0.2) is 0 Å². The number of esters is 4. The maximum Gasteiger partial charge on any atom is 0.312 e. The van der Waals surface area contributed by atoms with E-state index in [0.29, 0.717) is 119 Å². The van der Waals surface area contributed by atoms with E-state index in [9.17, 15) is 24.0 Å². The topological polar surface area (TPSA) is 150 Å². The average Bonchev–Trinajstić information content (AvgIpc) is 4.17. The van der Waals surface area contributed by atoms with Crippen LogP contribution in [0, 0.1) is 130 Å². The molecule has 12 bridgehead atoms. The summed E-state index contributed by atoms with van der Waals surface area (Å²) in [5.74, 6) is 15.1. The predicted molar refractivity (Wildman–Crippen MR) is 270 cm³/mol. The van der Waals surface area contributed by atoms with Gasteiger partial charge in [-0.05, 0) is 154 Å². The zero-order chi connectivity index (χ0) is 51.4. The van der Waals surface area contributed by atoms with Gasteiger partial charge >= 0.3 is 23.9 Å². The molecule has 8 heterocycles. The number of Topliss-reactive ketones (excluding diaryl/α,β-unsaturated/α-hetero) is 1. The van der Waals surface area contributed by atoms with Gasteiger partial charge in [0, 0.05) is 48.3 Å². The van der Waals surface area contributed by atoms with E-state index in [1.807, 2.05) is 0 Å². The Bertz CT molecular complexity index is 2070. The summed E-state index contributed by atoms with van der Waals surface area (Å²) in [6, 6.07) is 0. The lowest BCUT2D eigenvalue weighted by molar-refractivity contribution is -0.145. The molecule has 18 aliphatic rings. The number of rotatable bonds is 0. The van der Waals surface area contributed by atoms with Crippen molar-refractivity contribution in [2.45, 2.75) is 169 Å². The highest BCUT2D eigenvalue weighted by atomic mass is 16.6. The lowest BCUT2D eigenvalue weighted by atomic mass is 9.59. The molecule has 0 aromatic rings. The quantitative estimate of drug-likeness (QED) is 0.168. The molecule has 26 atom stereocenters. The molecule has 12 heteroatoms. The lowest BCUT2D eigenvalue weighted by Gasteiger charge is -2.45. The summed E-state index contributed by atoms with van der Waals surface area (Å²) in [7, 11) is 0. The van der Waals surface area contributed by atoms with Crippen LogP contribution in [0.3, 0.4) is 0 Å². The minimum absolute atomic E-state index is 0.0283. The van der Waals surface area contributed by atoms with Crippen LogP contribution >= 0.6 is 0 Å². The lowest BCUT2D eigenvalue weighted by Crippen LogP contribution is -2.35. The van der Waals surface area contributed by atoms with E-state index >= 15 is 0 Å². The Kier molecular flexibility index (Phi) is 14.3. The van der Waals surface area contributed by atoms with E-state index in [1.165, 1.54) is 57.8 Å². The summed E-state index contributed by atoms with van der Waals surface area (Å²) < 4.78 is 36.6. The fourth-order valence-electron chi connectivity index (χ4n) is 19.0. The molecule has 0 aromatic carbocycles. The second kappa shape index (κ2) is 20.2. The van der Waals surface area contributed by atoms with Crippen LogP contribution in [0.25, 0.3) is 0 Å². The number of ketones is 1. The van der Waals surface area contributed by atoms with Gasteiger partial charge < -0.3 is 33.2 Å². The maximum absolute atomic E-state index is 11.8. The van der Waals surface area contributed by atoms with E-state index in [1.54, 1.807) is 0 Å². The summed E-state index contributed by atoms with van der Waals surface area (Å²) >= 11 is 0. The Morgan fingerprint density at radius 2 is 1.14 bits per heavy atom. The Morgan fingerprint density at radius 3 is 1.66 bits per heavy atom. The number of cyclic esters (lactones) is 2. The van der Waals surface area contributed by atoms with Gasteiger partial charge in [-0.1, -0.05) is 61.6 Å². The summed E-state index contributed by atoms with van der Waals surface area (Å²) in [5.41, 5.74) is 0.544. The fourth-order valence-corrected chi connectivity index (χ4v) is 19.0. The Morgan fingerprint density at radius 1 is 0.521 bits per heavy atom. The zero-order valence-electron chi connectivity index (χ0n) is 45.2. The van der Waals surface area contributed by atoms with Gasteiger partial charge in [-0.25, -0.2) is 0 Å². The second-order valence-corrected chi connectivity index (χ2v) is 27.5. The molecule has 18 rings (SSSR count). The maximum atomic E-state index is 11.8. The van der Waals surface area contributed by atoms with Gasteiger partial charge in [0.05, 0.1) is 73.8 Å². The molecule has 0 aromatic heterocycles. The molecule has 0 radical (unpaired) electrons. The highest BCUT2D eigenvalue weighted by molar-refractivity contribution is 5.82. The third-order valence-corrected chi connectivity index (χ3v) is 22.5. The van der Waals surface area contributed by atoms with Crippen LogP contribution in [0.1, 0.15) is 145 Å². The number of allylic oxidation sites excluding steroid dienone is 2. The summed E-state index contributed by atoms with van der Waals surface area (Å²) in [6.45, 7) is 26.1. The Balaban J connectivity index is 0.0000000927. The van der Waals surface area contributed by atoms with E-state index in [4.69, 9.17) is 33.2 Å². The smallest absolute Gasteiger partial charge is 0.312 e. The molecule has 10 saturated carbocycles. The van der Waals surface area contributed by atoms with Crippen molar-refractivity contribution in [2.24, 2.45) is 130 Å². The largest absolute Gasteiger partial charge is 0.498 e. The monoisotopic (exact) mass is 1010 g/mol. The second-order valence-electron chi connectivity index (χ2n) is 27.5. The van der Waals surface area contributed by atoms with Crippen molar-refractivity contribution in [3.05, 3.63) is 24.7 Å². The number of fused-ring (bicyclic) bond motifs is 13. The number of hydrogen-bond donors (Lipinski definition) is 0. The molecule has 73 heavy (non-hydrogen) atoms. The minimum atomic E-state index is -0.0283. The molecule has 0 spiro atoms. The van der Waals surface area contributed by atoms with E-state index in [-0.39, 0.29) is 35.9 Å². The molecule has 18 fully saturated rings. The van der Waals surface area contributed by atoms with Crippen molar-refractivity contribution in [2.75, 3.05) is 26.4 Å². The van der Waals surface area contributed by atoms with Crippen LogP contribution < -0.4 is 0 Å². The van der Waals surface area contributed by atoms with Crippen LogP contribution in [0.2, 0.25) is 0 Å². The Labute approximate surface area is 435 Å². The normalized spacial score (nSPS) is 51.4. The van der Waals surface area contributed by atoms with Crippen molar-refractivity contribution >= 4 is 29.7 Å². The van der Waals surface area contributed by atoms with Gasteiger partial charge in [-0.15, -0.1) is 0 Å². The van der Waals surface area contributed by atoms with Gasteiger partial charge in [0.1, 0.15) is 18.0 Å². The van der Waals surface area contributed by atoms with Crippen molar-refractivity contribution in [3.8, 4) is 0 Å². The zero-order valence-corrected chi connectivity index (χ0v) is 45.2. The first-order valence-electron chi connectivity index (χ1n) is 29.4. The van der Waals surface area contributed by atoms with Crippen molar-refractivity contribution in [1.29, 1.82) is 0 Å². The highest BCUT2D eigenvalue weighted by Gasteiger charge is 2.62. The van der Waals surface area contributed by atoms with Gasteiger partial charge in [-0.2, -0.15) is 0 Å².